The van der Waals surface area contributed by atoms with Crippen molar-refractivity contribution in [1.82, 2.24) is 20.1 Å². The predicted molar refractivity (Wildman–Crippen MR) is 61.6 cm³/mol. The molecule has 1 aromatic rings. The van der Waals surface area contributed by atoms with Gasteiger partial charge in [-0.05, 0) is 6.92 Å². The van der Waals surface area contributed by atoms with Gasteiger partial charge in [-0.3, -0.25) is 4.79 Å². The van der Waals surface area contributed by atoms with Gasteiger partial charge in [0.1, 0.15) is 17.9 Å². The fraction of sp³-hybridized carbons (Fsp3) is 0.727. The molecule has 0 amide bonds. The van der Waals surface area contributed by atoms with E-state index in [4.69, 9.17) is 4.74 Å². The Kier molecular flexibility index (Phi) is 4.22. The Balaban J connectivity index is 1.84. The van der Waals surface area contributed by atoms with Crippen molar-refractivity contribution in [2.75, 3.05) is 19.8 Å². The number of hydrogen-bond acceptors (Lipinski definition) is 5. The summed E-state index contributed by atoms with van der Waals surface area (Å²) in [6.45, 7) is 4.90. The summed E-state index contributed by atoms with van der Waals surface area (Å²) in [6.07, 6.45) is 2.34. The van der Waals surface area contributed by atoms with Crippen LogP contribution in [0.1, 0.15) is 19.2 Å². The molecule has 0 aromatic carbocycles. The number of nitrogens with one attached hydrogen (secondary N) is 1. The van der Waals surface area contributed by atoms with E-state index in [-0.39, 0.29) is 11.8 Å². The maximum absolute atomic E-state index is 11.9. The van der Waals surface area contributed by atoms with Gasteiger partial charge in [0, 0.05) is 25.6 Å². The summed E-state index contributed by atoms with van der Waals surface area (Å²) in [6, 6.07) is 0.147. The summed E-state index contributed by atoms with van der Waals surface area (Å²) in [5, 5.41) is 7.32. The molecule has 0 aliphatic carbocycles. The molecule has 1 fully saturated rings. The van der Waals surface area contributed by atoms with Gasteiger partial charge in [-0.1, -0.05) is 0 Å². The molecular formula is C11H18N4O2. The van der Waals surface area contributed by atoms with Crippen LogP contribution in [0.3, 0.4) is 0 Å². The molecule has 94 valence electrons. The number of aryl methyl sites for hydroxylation is 1. The molecule has 0 bridgehead atoms. The maximum atomic E-state index is 11.9. The number of aromatic nitrogens is 3. The van der Waals surface area contributed by atoms with Crippen molar-refractivity contribution < 1.29 is 9.53 Å². The first-order valence-corrected chi connectivity index (χ1v) is 5.99. The lowest BCUT2D eigenvalue weighted by atomic mass is 10.1. The standard InChI is InChI=1S/C11H18N4O2/c1-2-15-11(13-8-14-15)6-10(16)5-9-7-17-4-3-12-9/h8-9,12H,2-7H2,1H3. The Morgan fingerprint density at radius 2 is 2.59 bits per heavy atom. The topological polar surface area (TPSA) is 69.0 Å². The highest BCUT2D eigenvalue weighted by molar-refractivity contribution is 5.80. The van der Waals surface area contributed by atoms with Gasteiger partial charge in [-0.2, -0.15) is 5.10 Å². The number of hydrogen-bond donors (Lipinski definition) is 1. The summed E-state index contributed by atoms with van der Waals surface area (Å²) in [5.74, 6) is 0.921. The van der Waals surface area contributed by atoms with Crippen molar-refractivity contribution in [2.45, 2.75) is 32.4 Å². The molecule has 0 saturated carbocycles. The molecule has 1 atom stereocenters. The smallest absolute Gasteiger partial charge is 0.142 e. The van der Waals surface area contributed by atoms with E-state index in [2.05, 4.69) is 15.4 Å². The van der Waals surface area contributed by atoms with E-state index in [0.29, 0.717) is 19.4 Å². The molecule has 1 aromatic heterocycles. The maximum Gasteiger partial charge on any atom is 0.142 e. The van der Waals surface area contributed by atoms with Gasteiger partial charge in [0.05, 0.1) is 19.6 Å². The average Bonchev–Trinajstić information content (AvgIpc) is 2.77. The van der Waals surface area contributed by atoms with Crippen molar-refractivity contribution in [3.8, 4) is 0 Å². The lowest BCUT2D eigenvalue weighted by Crippen LogP contribution is -2.42. The zero-order valence-electron chi connectivity index (χ0n) is 10.1. The van der Waals surface area contributed by atoms with E-state index in [1.165, 1.54) is 6.33 Å². The highest BCUT2D eigenvalue weighted by Crippen LogP contribution is 2.03. The van der Waals surface area contributed by atoms with Crippen molar-refractivity contribution >= 4 is 5.78 Å². The monoisotopic (exact) mass is 238 g/mol. The van der Waals surface area contributed by atoms with Gasteiger partial charge < -0.3 is 10.1 Å². The zero-order valence-corrected chi connectivity index (χ0v) is 10.1. The first-order chi connectivity index (χ1) is 8.29. The van der Waals surface area contributed by atoms with Crippen LogP contribution in [0, 0.1) is 0 Å². The molecule has 6 nitrogen and oxygen atoms in total. The van der Waals surface area contributed by atoms with E-state index in [1.54, 1.807) is 4.68 Å². The molecule has 1 aliphatic rings. The van der Waals surface area contributed by atoms with Gasteiger partial charge in [-0.25, -0.2) is 9.67 Å². The average molecular weight is 238 g/mol. The Morgan fingerprint density at radius 3 is 3.29 bits per heavy atom. The highest BCUT2D eigenvalue weighted by atomic mass is 16.5. The summed E-state index contributed by atoms with van der Waals surface area (Å²) in [4.78, 5) is 16.0. The SMILES string of the molecule is CCn1ncnc1CC(=O)CC1COCCN1. The molecule has 2 heterocycles. The van der Waals surface area contributed by atoms with Crippen LogP contribution in [-0.2, 0) is 22.5 Å². The highest BCUT2D eigenvalue weighted by Gasteiger charge is 2.18. The molecule has 6 heteroatoms. The minimum Gasteiger partial charge on any atom is -0.379 e. The minimum absolute atomic E-state index is 0.147. The van der Waals surface area contributed by atoms with Crippen LogP contribution in [-0.4, -0.2) is 46.3 Å². The van der Waals surface area contributed by atoms with E-state index in [1.807, 2.05) is 6.92 Å². The first kappa shape index (κ1) is 12.2. The van der Waals surface area contributed by atoms with Crippen LogP contribution < -0.4 is 5.32 Å². The Bertz CT molecular complexity index is 371. The zero-order chi connectivity index (χ0) is 12.1. The Labute approximate surface area is 100 Å². The second-order valence-electron chi connectivity index (χ2n) is 4.14. The van der Waals surface area contributed by atoms with E-state index >= 15 is 0 Å². The van der Waals surface area contributed by atoms with Crippen molar-refractivity contribution in [3.63, 3.8) is 0 Å². The fourth-order valence-electron chi connectivity index (χ4n) is 1.96. The van der Waals surface area contributed by atoms with Crippen LogP contribution in [0.2, 0.25) is 0 Å². The number of carbonyl (C=O) groups excluding carboxylic acids is 1. The quantitative estimate of drug-likeness (QED) is 0.768. The molecule has 0 spiro atoms. The van der Waals surface area contributed by atoms with E-state index in [0.717, 1.165) is 25.5 Å². The van der Waals surface area contributed by atoms with Gasteiger partial charge in [0.2, 0.25) is 0 Å². The van der Waals surface area contributed by atoms with Gasteiger partial charge >= 0.3 is 0 Å². The van der Waals surface area contributed by atoms with E-state index in [9.17, 15) is 4.79 Å². The van der Waals surface area contributed by atoms with Crippen LogP contribution in [0.4, 0.5) is 0 Å². The molecular weight excluding hydrogens is 220 g/mol. The number of ketones is 1. The van der Waals surface area contributed by atoms with E-state index < -0.39 is 0 Å². The van der Waals surface area contributed by atoms with Crippen LogP contribution in [0.5, 0.6) is 0 Å². The third-order valence-corrected chi connectivity index (χ3v) is 2.82. The van der Waals surface area contributed by atoms with Crippen molar-refractivity contribution in [2.24, 2.45) is 0 Å². The molecule has 2 rings (SSSR count). The Morgan fingerprint density at radius 1 is 1.71 bits per heavy atom. The summed E-state index contributed by atoms with van der Waals surface area (Å²) >= 11 is 0. The molecule has 0 radical (unpaired) electrons. The number of carbonyl (C=O) groups is 1. The normalized spacial score (nSPS) is 20.4. The minimum atomic E-state index is 0.147. The van der Waals surface area contributed by atoms with Gasteiger partial charge in [0.25, 0.3) is 0 Å². The number of morpholine rings is 1. The number of nitrogens with zero attached hydrogens (tertiary/aromatic N) is 3. The summed E-state index contributed by atoms with van der Waals surface area (Å²) in [5.41, 5.74) is 0. The predicted octanol–water partition coefficient (Wildman–Crippen LogP) is -0.212. The Hall–Kier alpha value is -1.27. The number of rotatable bonds is 5. The van der Waals surface area contributed by atoms with Crippen LogP contribution >= 0.6 is 0 Å². The van der Waals surface area contributed by atoms with Crippen LogP contribution in [0.25, 0.3) is 0 Å². The number of ether oxygens (including phenoxy) is 1. The van der Waals surface area contributed by atoms with Crippen molar-refractivity contribution in [1.29, 1.82) is 0 Å². The van der Waals surface area contributed by atoms with Crippen molar-refractivity contribution in [3.05, 3.63) is 12.2 Å². The summed E-state index contributed by atoms with van der Waals surface area (Å²) < 4.78 is 7.07. The lowest BCUT2D eigenvalue weighted by molar-refractivity contribution is -0.119. The third-order valence-electron chi connectivity index (χ3n) is 2.82. The second kappa shape index (κ2) is 5.88. The lowest BCUT2D eigenvalue weighted by Gasteiger charge is -2.23. The second-order valence-corrected chi connectivity index (χ2v) is 4.14. The molecule has 1 saturated heterocycles. The fourth-order valence-corrected chi connectivity index (χ4v) is 1.96. The molecule has 17 heavy (non-hydrogen) atoms. The molecule has 1 aliphatic heterocycles. The molecule has 1 N–H and O–H groups in total. The van der Waals surface area contributed by atoms with Gasteiger partial charge in [0.15, 0.2) is 0 Å². The first-order valence-electron chi connectivity index (χ1n) is 5.99. The number of Topliss-reactive ketones (excluding diaryl/α,β-unsaturated/α-hetero) is 1. The van der Waals surface area contributed by atoms with Gasteiger partial charge in [-0.15, -0.1) is 0 Å². The third kappa shape index (κ3) is 3.34. The summed E-state index contributed by atoms with van der Waals surface area (Å²) in [7, 11) is 0. The molecule has 1 unspecified atom stereocenters. The van der Waals surface area contributed by atoms with Crippen LogP contribution in [0.15, 0.2) is 6.33 Å². The largest absolute Gasteiger partial charge is 0.379 e.